The van der Waals surface area contributed by atoms with Gasteiger partial charge in [0.05, 0.1) is 11.6 Å². The first-order chi connectivity index (χ1) is 8.43. The van der Waals surface area contributed by atoms with Crippen LogP contribution in [0.25, 0.3) is 0 Å². The molecule has 1 saturated heterocycles. The summed E-state index contributed by atoms with van der Waals surface area (Å²) in [4.78, 5) is 0.0614. The average molecular weight is 294 g/mol. The summed E-state index contributed by atoms with van der Waals surface area (Å²) in [6, 6.07) is 0. The highest BCUT2D eigenvalue weighted by molar-refractivity contribution is 7.92. The van der Waals surface area contributed by atoms with E-state index < -0.39 is 15.3 Å². The quantitative estimate of drug-likeness (QED) is 0.732. The summed E-state index contributed by atoms with van der Waals surface area (Å²) in [7, 11) is -1.78. The minimum atomic E-state index is -3.41. The van der Waals surface area contributed by atoms with Crippen molar-refractivity contribution in [1.29, 1.82) is 0 Å². The van der Waals surface area contributed by atoms with Gasteiger partial charge in [-0.15, -0.1) is 0 Å². The van der Waals surface area contributed by atoms with Crippen molar-refractivity contribution in [3.63, 3.8) is 0 Å². The number of nitrogens with zero attached hydrogens (tertiary/aromatic N) is 1. The molecule has 0 aromatic rings. The molecular formula is C11H22N2O3S2. The molecule has 0 bridgehead atoms. The Morgan fingerprint density at radius 3 is 2.78 bits per heavy atom. The van der Waals surface area contributed by atoms with Crippen LogP contribution in [0.3, 0.4) is 0 Å². The van der Waals surface area contributed by atoms with Crippen molar-refractivity contribution in [2.24, 2.45) is 11.7 Å². The van der Waals surface area contributed by atoms with Crippen molar-refractivity contribution in [3.8, 4) is 0 Å². The second-order valence-electron chi connectivity index (χ2n) is 4.67. The smallest absolute Gasteiger partial charge is 0.223 e. The van der Waals surface area contributed by atoms with E-state index in [1.165, 1.54) is 4.31 Å². The molecule has 1 heterocycles. The summed E-state index contributed by atoms with van der Waals surface area (Å²) in [5.41, 5.74) is 5.53. The Morgan fingerprint density at radius 2 is 2.28 bits per heavy atom. The molecule has 1 fully saturated rings. The maximum atomic E-state index is 12.4. The summed E-state index contributed by atoms with van der Waals surface area (Å²) in [6.07, 6.45) is 2.29. The SMILES string of the molecule is CCC(C(N)=S)S(=O)(=O)N1CCCC(COC)C1. The lowest BCUT2D eigenvalue weighted by molar-refractivity contribution is 0.118. The minimum Gasteiger partial charge on any atom is -0.392 e. The zero-order valence-electron chi connectivity index (χ0n) is 11.0. The summed E-state index contributed by atoms with van der Waals surface area (Å²) in [5.74, 6) is 0.266. The minimum absolute atomic E-state index is 0.0614. The Balaban J connectivity index is 2.81. The van der Waals surface area contributed by atoms with Gasteiger partial charge in [-0.3, -0.25) is 0 Å². The molecule has 2 N–H and O–H groups in total. The molecule has 106 valence electrons. The van der Waals surface area contributed by atoms with Gasteiger partial charge in [-0.25, -0.2) is 12.7 Å². The van der Waals surface area contributed by atoms with Gasteiger partial charge in [-0.1, -0.05) is 19.1 Å². The molecule has 0 aromatic heterocycles. The lowest BCUT2D eigenvalue weighted by Crippen LogP contribution is -2.48. The van der Waals surface area contributed by atoms with Gasteiger partial charge in [0.15, 0.2) is 0 Å². The normalized spacial score (nSPS) is 23.8. The van der Waals surface area contributed by atoms with Gasteiger partial charge in [0.1, 0.15) is 5.25 Å². The first-order valence-electron chi connectivity index (χ1n) is 6.20. The Labute approximate surface area is 115 Å². The Bertz CT molecular complexity index is 382. The molecule has 0 aliphatic carbocycles. The van der Waals surface area contributed by atoms with Crippen molar-refractivity contribution in [3.05, 3.63) is 0 Å². The zero-order valence-corrected chi connectivity index (χ0v) is 12.6. The number of nitrogens with two attached hydrogens (primary N) is 1. The molecule has 0 amide bonds. The number of ether oxygens (including phenoxy) is 1. The molecule has 5 nitrogen and oxygen atoms in total. The van der Waals surface area contributed by atoms with E-state index >= 15 is 0 Å². The van der Waals surface area contributed by atoms with Gasteiger partial charge < -0.3 is 10.5 Å². The van der Waals surface area contributed by atoms with Crippen molar-refractivity contribution in [2.75, 3.05) is 26.8 Å². The van der Waals surface area contributed by atoms with Crippen molar-refractivity contribution < 1.29 is 13.2 Å². The second-order valence-corrected chi connectivity index (χ2v) is 7.25. The lowest BCUT2D eigenvalue weighted by atomic mass is 10.0. The largest absolute Gasteiger partial charge is 0.392 e. The van der Waals surface area contributed by atoms with Crippen LogP contribution >= 0.6 is 12.2 Å². The van der Waals surface area contributed by atoms with Gasteiger partial charge in [0.2, 0.25) is 10.0 Å². The maximum absolute atomic E-state index is 12.4. The third kappa shape index (κ3) is 3.63. The molecule has 2 atom stereocenters. The predicted molar refractivity (Wildman–Crippen MR) is 76.0 cm³/mol. The molecule has 18 heavy (non-hydrogen) atoms. The van der Waals surface area contributed by atoms with Crippen LogP contribution in [0.1, 0.15) is 26.2 Å². The molecular weight excluding hydrogens is 272 g/mol. The third-order valence-electron chi connectivity index (χ3n) is 3.29. The van der Waals surface area contributed by atoms with Crippen molar-refractivity contribution >= 4 is 27.2 Å². The number of thiocarbonyl (C=S) groups is 1. The van der Waals surface area contributed by atoms with Crippen LogP contribution in [-0.4, -0.2) is 49.8 Å². The van der Waals surface area contributed by atoms with E-state index in [0.29, 0.717) is 26.1 Å². The fourth-order valence-electron chi connectivity index (χ4n) is 2.37. The fraction of sp³-hybridized carbons (Fsp3) is 0.909. The maximum Gasteiger partial charge on any atom is 0.223 e. The number of hydrogen-bond acceptors (Lipinski definition) is 4. The van der Waals surface area contributed by atoms with E-state index in [0.717, 1.165) is 12.8 Å². The molecule has 1 rings (SSSR count). The monoisotopic (exact) mass is 294 g/mol. The van der Waals surface area contributed by atoms with E-state index in [2.05, 4.69) is 0 Å². The topological polar surface area (TPSA) is 72.6 Å². The molecule has 1 aliphatic rings. The van der Waals surface area contributed by atoms with E-state index in [1.54, 1.807) is 14.0 Å². The lowest BCUT2D eigenvalue weighted by Gasteiger charge is -2.33. The fourth-order valence-corrected chi connectivity index (χ4v) is 4.78. The van der Waals surface area contributed by atoms with E-state index in [1.807, 2.05) is 0 Å². The highest BCUT2D eigenvalue weighted by atomic mass is 32.2. The van der Waals surface area contributed by atoms with Crippen LogP contribution in [0.2, 0.25) is 0 Å². The molecule has 1 aliphatic heterocycles. The first kappa shape index (κ1) is 15.8. The molecule has 2 unspecified atom stereocenters. The Kier molecular flexibility index (Phi) is 5.97. The van der Waals surface area contributed by atoms with Crippen LogP contribution in [-0.2, 0) is 14.8 Å². The summed E-state index contributed by atoms with van der Waals surface area (Å²) in [5, 5.41) is -0.742. The van der Waals surface area contributed by atoms with Crippen LogP contribution in [0.5, 0.6) is 0 Å². The molecule has 0 spiro atoms. The molecule has 0 radical (unpaired) electrons. The number of methoxy groups -OCH3 is 1. The van der Waals surface area contributed by atoms with Crippen molar-refractivity contribution in [2.45, 2.75) is 31.4 Å². The molecule has 0 aromatic carbocycles. The highest BCUT2D eigenvalue weighted by Crippen LogP contribution is 2.22. The van der Waals surface area contributed by atoms with Gasteiger partial charge in [0.25, 0.3) is 0 Å². The van der Waals surface area contributed by atoms with Gasteiger partial charge in [-0.2, -0.15) is 0 Å². The summed E-state index contributed by atoms with van der Waals surface area (Å²) in [6.45, 7) is 3.45. The summed E-state index contributed by atoms with van der Waals surface area (Å²) >= 11 is 4.86. The van der Waals surface area contributed by atoms with Gasteiger partial charge in [0, 0.05) is 20.2 Å². The van der Waals surface area contributed by atoms with E-state index in [-0.39, 0.29) is 10.9 Å². The van der Waals surface area contributed by atoms with Crippen molar-refractivity contribution in [1.82, 2.24) is 4.31 Å². The summed E-state index contributed by atoms with van der Waals surface area (Å²) < 4.78 is 31.5. The van der Waals surface area contributed by atoms with E-state index in [4.69, 9.17) is 22.7 Å². The van der Waals surface area contributed by atoms with Crippen LogP contribution < -0.4 is 5.73 Å². The Hall–Kier alpha value is -0.240. The standard InChI is InChI=1S/C11H22N2O3S2/c1-3-10(11(12)17)18(14,15)13-6-4-5-9(7-13)8-16-2/h9-10H,3-8H2,1-2H3,(H2,12,17). The number of sulfonamides is 1. The molecule has 0 saturated carbocycles. The van der Waals surface area contributed by atoms with Crippen LogP contribution in [0, 0.1) is 5.92 Å². The first-order valence-corrected chi connectivity index (χ1v) is 8.11. The second kappa shape index (κ2) is 6.79. The van der Waals surface area contributed by atoms with Crippen LogP contribution in [0.4, 0.5) is 0 Å². The molecule has 7 heteroatoms. The van der Waals surface area contributed by atoms with Gasteiger partial charge in [-0.05, 0) is 25.2 Å². The van der Waals surface area contributed by atoms with Crippen LogP contribution in [0.15, 0.2) is 0 Å². The van der Waals surface area contributed by atoms with Gasteiger partial charge >= 0.3 is 0 Å². The zero-order chi connectivity index (χ0) is 13.8. The Morgan fingerprint density at radius 1 is 1.61 bits per heavy atom. The number of rotatable bonds is 6. The third-order valence-corrected chi connectivity index (χ3v) is 6.08. The average Bonchev–Trinajstić information content (AvgIpc) is 2.29. The highest BCUT2D eigenvalue weighted by Gasteiger charge is 2.35. The number of hydrogen-bond donors (Lipinski definition) is 1. The van der Waals surface area contributed by atoms with E-state index in [9.17, 15) is 8.42 Å². The predicted octanol–water partition coefficient (Wildman–Crippen LogP) is 0.739. The number of piperidine rings is 1.